The van der Waals surface area contributed by atoms with Crippen molar-refractivity contribution < 1.29 is 0 Å². The van der Waals surface area contributed by atoms with E-state index in [9.17, 15) is 0 Å². The standard InChI is InChI=1S/C18H26N2/c1-5-10-16-14-20(18(3,4)6-2)17(13-19-16)15-11-8-7-9-12-15/h2,7-9,11-12,16-17,19H,5,10,13-14H2,1,3-4H3. The third-order valence-corrected chi connectivity index (χ3v) is 4.29. The fourth-order valence-corrected chi connectivity index (χ4v) is 3.03. The minimum atomic E-state index is -0.214. The first-order chi connectivity index (χ1) is 9.58. The first-order valence-electron chi connectivity index (χ1n) is 7.61. The fraction of sp³-hybridized carbons (Fsp3) is 0.556. The van der Waals surface area contributed by atoms with Gasteiger partial charge in [-0.05, 0) is 25.8 Å². The number of benzene rings is 1. The van der Waals surface area contributed by atoms with Gasteiger partial charge in [-0.25, -0.2) is 0 Å². The Labute approximate surface area is 123 Å². The van der Waals surface area contributed by atoms with Crippen molar-refractivity contribution in [1.82, 2.24) is 10.2 Å². The third-order valence-electron chi connectivity index (χ3n) is 4.29. The molecule has 1 fully saturated rings. The fourth-order valence-electron chi connectivity index (χ4n) is 3.03. The summed E-state index contributed by atoms with van der Waals surface area (Å²) in [7, 11) is 0. The van der Waals surface area contributed by atoms with Gasteiger partial charge in [0.05, 0.1) is 5.54 Å². The van der Waals surface area contributed by atoms with Crippen molar-refractivity contribution in [3.05, 3.63) is 35.9 Å². The lowest BCUT2D eigenvalue weighted by Gasteiger charge is -2.47. The number of nitrogens with one attached hydrogen (secondary N) is 1. The summed E-state index contributed by atoms with van der Waals surface area (Å²) in [6, 6.07) is 11.6. The van der Waals surface area contributed by atoms with E-state index in [0.29, 0.717) is 12.1 Å². The van der Waals surface area contributed by atoms with Crippen LogP contribution in [0.3, 0.4) is 0 Å². The van der Waals surface area contributed by atoms with Crippen LogP contribution < -0.4 is 5.32 Å². The molecule has 20 heavy (non-hydrogen) atoms. The van der Waals surface area contributed by atoms with E-state index in [0.717, 1.165) is 13.1 Å². The van der Waals surface area contributed by atoms with Crippen LogP contribution in [0.1, 0.15) is 45.2 Å². The molecule has 0 bridgehead atoms. The van der Waals surface area contributed by atoms with E-state index < -0.39 is 0 Å². The lowest BCUT2D eigenvalue weighted by Crippen LogP contribution is -2.58. The Hall–Kier alpha value is -1.30. The molecule has 0 radical (unpaired) electrons. The second-order valence-electron chi connectivity index (χ2n) is 6.18. The maximum absolute atomic E-state index is 5.78. The summed E-state index contributed by atoms with van der Waals surface area (Å²) < 4.78 is 0. The van der Waals surface area contributed by atoms with Gasteiger partial charge in [0.15, 0.2) is 0 Å². The highest BCUT2D eigenvalue weighted by Gasteiger charge is 2.36. The predicted molar refractivity (Wildman–Crippen MR) is 85.5 cm³/mol. The average Bonchev–Trinajstić information content (AvgIpc) is 2.48. The Bertz CT molecular complexity index is 458. The van der Waals surface area contributed by atoms with Gasteiger partial charge in [-0.1, -0.05) is 49.6 Å². The largest absolute Gasteiger partial charge is 0.311 e. The van der Waals surface area contributed by atoms with Crippen molar-refractivity contribution >= 4 is 0 Å². The Morgan fingerprint density at radius 1 is 1.35 bits per heavy atom. The van der Waals surface area contributed by atoms with E-state index in [2.05, 4.69) is 67.2 Å². The number of hydrogen-bond acceptors (Lipinski definition) is 2. The number of nitrogens with zero attached hydrogens (tertiary/aromatic N) is 1. The van der Waals surface area contributed by atoms with Crippen molar-refractivity contribution in [1.29, 1.82) is 0 Å². The summed E-state index contributed by atoms with van der Waals surface area (Å²) in [6.45, 7) is 8.53. The van der Waals surface area contributed by atoms with Gasteiger partial charge in [-0.2, -0.15) is 0 Å². The lowest BCUT2D eigenvalue weighted by atomic mass is 9.92. The monoisotopic (exact) mass is 270 g/mol. The van der Waals surface area contributed by atoms with E-state index in [1.165, 1.54) is 18.4 Å². The first kappa shape index (κ1) is 15.1. The summed E-state index contributed by atoms with van der Waals surface area (Å²) in [6.07, 6.45) is 8.20. The molecule has 1 aliphatic heterocycles. The zero-order chi connectivity index (χ0) is 14.6. The molecule has 2 nitrogen and oxygen atoms in total. The highest BCUT2D eigenvalue weighted by molar-refractivity contribution is 5.23. The molecule has 0 saturated carbocycles. The summed E-state index contributed by atoms with van der Waals surface area (Å²) in [5.41, 5.74) is 1.13. The Balaban J connectivity index is 2.25. The number of rotatable bonds is 4. The number of terminal acetylenes is 1. The summed E-state index contributed by atoms with van der Waals surface area (Å²) in [5.74, 6) is 2.97. The van der Waals surface area contributed by atoms with Crippen molar-refractivity contribution in [3.8, 4) is 12.3 Å². The molecule has 0 spiro atoms. The van der Waals surface area contributed by atoms with Crippen molar-refractivity contribution in [2.75, 3.05) is 13.1 Å². The second kappa shape index (κ2) is 6.43. The van der Waals surface area contributed by atoms with Crippen molar-refractivity contribution in [2.24, 2.45) is 0 Å². The van der Waals surface area contributed by atoms with Gasteiger partial charge in [0.25, 0.3) is 0 Å². The zero-order valence-corrected chi connectivity index (χ0v) is 12.9. The topological polar surface area (TPSA) is 15.3 Å². The second-order valence-corrected chi connectivity index (χ2v) is 6.18. The van der Waals surface area contributed by atoms with E-state index in [1.54, 1.807) is 0 Å². The Kier molecular flexibility index (Phi) is 4.86. The van der Waals surface area contributed by atoms with Crippen LogP contribution in [0.5, 0.6) is 0 Å². The van der Waals surface area contributed by atoms with Crippen molar-refractivity contribution in [3.63, 3.8) is 0 Å². The minimum absolute atomic E-state index is 0.214. The summed E-state index contributed by atoms with van der Waals surface area (Å²) in [4.78, 5) is 2.49. The molecule has 1 aliphatic rings. The molecule has 1 saturated heterocycles. The maximum atomic E-state index is 5.78. The van der Waals surface area contributed by atoms with Gasteiger partial charge in [-0.15, -0.1) is 6.42 Å². The van der Waals surface area contributed by atoms with Crippen LogP contribution in [0.25, 0.3) is 0 Å². The molecule has 0 aromatic heterocycles. The van der Waals surface area contributed by atoms with Gasteiger partial charge in [0.2, 0.25) is 0 Å². The third kappa shape index (κ3) is 3.23. The van der Waals surface area contributed by atoms with Crippen molar-refractivity contribution in [2.45, 2.75) is 51.2 Å². The SMILES string of the molecule is C#CC(C)(C)N1CC(CCC)NCC1c1ccccc1. The van der Waals surface area contributed by atoms with Crippen LogP contribution in [0, 0.1) is 12.3 Å². The molecule has 2 rings (SSSR count). The van der Waals surface area contributed by atoms with Gasteiger partial charge in [0.1, 0.15) is 0 Å². The zero-order valence-electron chi connectivity index (χ0n) is 12.9. The minimum Gasteiger partial charge on any atom is -0.311 e. The van der Waals surface area contributed by atoms with Gasteiger partial charge in [-0.3, -0.25) is 4.90 Å². The van der Waals surface area contributed by atoms with Gasteiger partial charge in [0, 0.05) is 25.2 Å². The molecular weight excluding hydrogens is 244 g/mol. The molecule has 2 atom stereocenters. The van der Waals surface area contributed by atoms with E-state index in [4.69, 9.17) is 6.42 Å². The molecular formula is C18H26N2. The highest BCUT2D eigenvalue weighted by atomic mass is 15.3. The van der Waals surface area contributed by atoms with Crippen LogP contribution in [0.2, 0.25) is 0 Å². The van der Waals surface area contributed by atoms with Crippen LogP contribution >= 0.6 is 0 Å². The summed E-state index contributed by atoms with van der Waals surface area (Å²) >= 11 is 0. The average molecular weight is 270 g/mol. The molecule has 1 aromatic rings. The smallest absolute Gasteiger partial charge is 0.0772 e. The Morgan fingerprint density at radius 3 is 2.65 bits per heavy atom. The number of hydrogen-bond donors (Lipinski definition) is 1. The first-order valence-corrected chi connectivity index (χ1v) is 7.61. The van der Waals surface area contributed by atoms with Gasteiger partial charge < -0.3 is 5.32 Å². The molecule has 0 amide bonds. The van der Waals surface area contributed by atoms with E-state index in [-0.39, 0.29) is 5.54 Å². The molecule has 108 valence electrons. The quantitative estimate of drug-likeness (QED) is 0.845. The summed E-state index contributed by atoms with van der Waals surface area (Å²) in [5, 5.41) is 3.68. The molecule has 2 unspecified atom stereocenters. The van der Waals surface area contributed by atoms with Crippen LogP contribution in [-0.4, -0.2) is 29.6 Å². The highest BCUT2D eigenvalue weighted by Crippen LogP contribution is 2.31. The van der Waals surface area contributed by atoms with Gasteiger partial charge >= 0.3 is 0 Å². The van der Waals surface area contributed by atoms with Crippen LogP contribution in [0.4, 0.5) is 0 Å². The molecule has 0 aliphatic carbocycles. The molecule has 1 heterocycles. The Morgan fingerprint density at radius 2 is 2.05 bits per heavy atom. The molecule has 1 aromatic carbocycles. The molecule has 2 heteroatoms. The number of piperazine rings is 1. The predicted octanol–water partition coefficient (Wildman–Crippen LogP) is 3.21. The van der Waals surface area contributed by atoms with E-state index in [1.807, 2.05) is 0 Å². The van der Waals surface area contributed by atoms with E-state index >= 15 is 0 Å². The maximum Gasteiger partial charge on any atom is 0.0772 e. The van der Waals surface area contributed by atoms with Crippen LogP contribution in [-0.2, 0) is 0 Å². The normalized spacial score (nSPS) is 24.3. The van der Waals surface area contributed by atoms with Crippen LogP contribution in [0.15, 0.2) is 30.3 Å². The molecule has 1 N–H and O–H groups in total. The lowest BCUT2D eigenvalue weighted by molar-refractivity contribution is 0.0601.